The molecule has 122 valence electrons. The number of methoxy groups -OCH3 is 1. The molecule has 5 nitrogen and oxygen atoms in total. The van der Waals surface area contributed by atoms with E-state index in [9.17, 15) is 4.79 Å². The number of benzene rings is 1. The van der Waals surface area contributed by atoms with E-state index in [0.29, 0.717) is 16.5 Å². The summed E-state index contributed by atoms with van der Waals surface area (Å²) < 4.78 is 12.9. The van der Waals surface area contributed by atoms with Gasteiger partial charge in [0.15, 0.2) is 0 Å². The maximum Gasteiger partial charge on any atom is 0.331 e. The smallest absolute Gasteiger partial charge is 0.331 e. The first-order valence-electron chi connectivity index (χ1n) is 6.78. The molecule has 0 saturated heterocycles. The van der Waals surface area contributed by atoms with Crippen LogP contribution in [0, 0.1) is 6.92 Å². The fraction of sp³-hybridized carbons (Fsp3) is 0.250. The van der Waals surface area contributed by atoms with Crippen molar-refractivity contribution >= 4 is 39.6 Å². The van der Waals surface area contributed by atoms with Crippen molar-refractivity contribution in [3.05, 3.63) is 50.7 Å². The van der Waals surface area contributed by atoms with Crippen LogP contribution in [0.1, 0.15) is 16.8 Å². The third-order valence-electron chi connectivity index (χ3n) is 3.19. The SMILES string of the molecule is COc1ccc(Br)cc1COC(=O)/C=C/c1c(C)nn(C)c1Cl. The van der Waals surface area contributed by atoms with E-state index >= 15 is 0 Å². The van der Waals surface area contributed by atoms with Gasteiger partial charge in [-0.05, 0) is 31.2 Å². The molecule has 1 heterocycles. The van der Waals surface area contributed by atoms with Gasteiger partial charge in [0.1, 0.15) is 17.5 Å². The molecular formula is C16H16BrClN2O3. The van der Waals surface area contributed by atoms with Crippen LogP contribution in [0.3, 0.4) is 0 Å². The van der Waals surface area contributed by atoms with Crippen LogP contribution in [0.15, 0.2) is 28.7 Å². The standard InChI is InChI=1S/C16H16BrClN2O3/c1-10-13(16(18)20(2)19-10)5-7-15(21)23-9-11-8-12(17)4-6-14(11)22-3/h4-8H,9H2,1-3H3/b7-5+. The second-order valence-electron chi connectivity index (χ2n) is 4.81. The highest BCUT2D eigenvalue weighted by Crippen LogP contribution is 2.24. The molecule has 0 atom stereocenters. The summed E-state index contributed by atoms with van der Waals surface area (Å²) in [5.74, 6) is 0.197. The molecule has 2 rings (SSSR count). The maximum atomic E-state index is 11.9. The average molecular weight is 400 g/mol. The first-order valence-corrected chi connectivity index (χ1v) is 7.95. The summed E-state index contributed by atoms with van der Waals surface area (Å²) in [5, 5.41) is 4.65. The summed E-state index contributed by atoms with van der Waals surface area (Å²) in [4.78, 5) is 11.9. The van der Waals surface area contributed by atoms with Gasteiger partial charge in [-0.2, -0.15) is 5.10 Å². The van der Waals surface area contributed by atoms with E-state index < -0.39 is 5.97 Å². The van der Waals surface area contributed by atoms with Crippen molar-refractivity contribution < 1.29 is 14.3 Å². The first-order chi connectivity index (χ1) is 10.9. The van der Waals surface area contributed by atoms with Crippen molar-refractivity contribution in [3.63, 3.8) is 0 Å². The molecule has 1 aromatic carbocycles. The van der Waals surface area contributed by atoms with Crippen molar-refractivity contribution in [1.82, 2.24) is 9.78 Å². The zero-order valence-corrected chi connectivity index (χ0v) is 15.3. The topological polar surface area (TPSA) is 53.4 Å². The minimum absolute atomic E-state index is 0.117. The Bertz CT molecular complexity index is 756. The summed E-state index contributed by atoms with van der Waals surface area (Å²) in [6.07, 6.45) is 2.94. The molecular weight excluding hydrogens is 384 g/mol. The largest absolute Gasteiger partial charge is 0.496 e. The van der Waals surface area contributed by atoms with E-state index in [-0.39, 0.29) is 6.61 Å². The molecule has 0 saturated carbocycles. The van der Waals surface area contributed by atoms with Crippen molar-refractivity contribution in [3.8, 4) is 5.75 Å². The molecule has 0 unspecified atom stereocenters. The van der Waals surface area contributed by atoms with Gasteiger partial charge in [0, 0.05) is 28.7 Å². The molecule has 23 heavy (non-hydrogen) atoms. The Morgan fingerprint density at radius 2 is 2.22 bits per heavy atom. The van der Waals surface area contributed by atoms with E-state index in [0.717, 1.165) is 15.7 Å². The van der Waals surface area contributed by atoms with Gasteiger partial charge in [0.05, 0.1) is 12.8 Å². The third-order valence-corrected chi connectivity index (χ3v) is 4.14. The van der Waals surface area contributed by atoms with Gasteiger partial charge in [-0.3, -0.25) is 4.68 Å². The highest BCUT2D eigenvalue weighted by molar-refractivity contribution is 9.10. The molecule has 0 bridgehead atoms. The lowest BCUT2D eigenvalue weighted by molar-refractivity contribution is -0.138. The summed E-state index contributed by atoms with van der Waals surface area (Å²) in [6.45, 7) is 1.94. The van der Waals surface area contributed by atoms with E-state index in [2.05, 4.69) is 21.0 Å². The molecule has 1 aromatic heterocycles. The number of rotatable bonds is 5. The highest BCUT2D eigenvalue weighted by atomic mass is 79.9. The Morgan fingerprint density at radius 1 is 1.48 bits per heavy atom. The van der Waals surface area contributed by atoms with Gasteiger partial charge in [-0.1, -0.05) is 27.5 Å². The molecule has 0 spiro atoms. The van der Waals surface area contributed by atoms with Crippen molar-refractivity contribution in [2.24, 2.45) is 7.05 Å². The average Bonchev–Trinajstić information content (AvgIpc) is 2.76. The van der Waals surface area contributed by atoms with Gasteiger partial charge in [0.25, 0.3) is 0 Å². The van der Waals surface area contributed by atoms with Crippen molar-refractivity contribution in [2.45, 2.75) is 13.5 Å². The Kier molecular flexibility index (Phi) is 5.85. The van der Waals surface area contributed by atoms with Crippen LogP contribution in [-0.2, 0) is 23.2 Å². The van der Waals surface area contributed by atoms with Crippen LogP contribution in [-0.4, -0.2) is 22.9 Å². The number of nitrogens with zero attached hydrogens (tertiary/aromatic N) is 2. The van der Waals surface area contributed by atoms with Crippen LogP contribution >= 0.6 is 27.5 Å². The predicted octanol–water partition coefficient (Wildman–Crippen LogP) is 3.91. The molecule has 0 aliphatic rings. The van der Waals surface area contributed by atoms with Crippen LogP contribution in [0.25, 0.3) is 6.08 Å². The zero-order chi connectivity index (χ0) is 17.0. The van der Waals surface area contributed by atoms with E-state index in [1.807, 2.05) is 25.1 Å². The molecule has 0 amide bonds. The van der Waals surface area contributed by atoms with Crippen molar-refractivity contribution in [2.75, 3.05) is 7.11 Å². The van der Waals surface area contributed by atoms with Gasteiger partial charge in [0.2, 0.25) is 0 Å². The number of aryl methyl sites for hydroxylation is 2. The van der Waals surface area contributed by atoms with Crippen LogP contribution in [0.2, 0.25) is 5.15 Å². The molecule has 2 aromatic rings. The van der Waals surface area contributed by atoms with Crippen LogP contribution in [0.4, 0.5) is 0 Å². The molecule has 0 aliphatic heterocycles. The molecule has 0 radical (unpaired) electrons. The highest BCUT2D eigenvalue weighted by Gasteiger charge is 2.10. The molecule has 0 fully saturated rings. The second kappa shape index (κ2) is 7.66. The van der Waals surface area contributed by atoms with Crippen molar-refractivity contribution in [1.29, 1.82) is 0 Å². The monoisotopic (exact) mass is 398 g/mol. The number of ether oxygens (including phenoxy) is 2. The lowest BCUT2D eigenvalue weighted by Gasteiger charge is -2.08. The fourth-order valence-corrected chi connectivity index (χ4v) is 2.69. The summed E-state index contributed by atoms with van der Waals surface area (Å²) in [5.41, 5.74) is 2.22. The Labute approximate surface area is 148 Å². The molecule has 0 aliphatic carbocycles. The lowest BCUT2D eigenvalue weighted by Crippen LogP contribution is -2.02. The third kappa shape index (κ3) is 4.36. The van der Waals surface area contributed by atoms with Crippen LogP contribution in [0.5, 0.6) is 5.75 Å². The maximum absolute atomic E-state index is 11.9. The number of aromatic nitrogens is 2. The Hall–Kier alpha value is -1.79. The van der Waals surface area contributed by atoms with E-state index in [1.54, 1.807) is 24.9 Å². The van der Waals surface area contributed by atoms with Gasteiger partial charge in [-0.15, -0.1) is 0 Å². The van der Waals surface area contributed by atoms with Gasteiger partial charge < -0.3 is 9.47 Å². The minimum atomic E-state index is -0.466. The normalized spacial score (nSPS) is 11.0. The lowest BCUT2D eigenvalue weighted by atomic mass is 10.2. The Balaban J connectivity index is 2.03. The molecule has 0 N–H and O–H groups in total. The second-order valence-corrected chi connectivity index (χ2v) is 6.08. The van der Waals surface area contributed by atoms with Gasteiger partial charge >= 0.3 is 5.97 Å². The number of hydrogen-bond acceptors (Lipinski definition) is 4. The number of hydrogen-bond donors (Lipinski definition) is 0. The summed E-state index contributed by atoms with van der Waals surface area (Å²) >= 11 is 9.48. The number of esters is 1. The van der Waals surface area contributed by atoms with E-state index in [4.69, 9.17) is 21.1 Å². The van der Waals surface area contributed by atoms with Gasteiger partial charge in [-0.25, -0.2) is 4.79 Å². The number of carbonyl (C=O) groups excluding carboxylic acids is 1. The summed E-state index contributed by atoms with van der Waals surface area (Å²) in [6, 6.07) is 5.51. The van der Waals surface area contributed by atoms with E-state index in [1.165, 1.54) is 6.08 Å². The minimum Gasteiger partial charge on any atom is -0.496 e. The quantitative estimate of drug-likeness (QED) is 0.565. The predicted molar refractivity (Wildman–Crippen MR) is 92.5 cm³/mol. The zero-order valence-electron chi connectivity index (χ0n) is 13.0. The number of carbonyl (C=O) groups is 1. The fourth-order valence-electron chi connectivity index (χ4n) is 2.04. The molecule has 7 heteroatoms. The Morgan fingerprint density at radius 3 is 2.83 bits per heavy atom. The number of halogens is 2. The summed E-state index contributed by atoms with van der Waals surface area (Å²) in [7, 11) is 3.31. The first kappa shape index (κ1) is 17.6. The van der Waals surface area contributed by atoms with Crippen LogP contribution < -0.4 is 4.74 Å².